The van der Waals surface area contributed by atoms with E-state index in [0.29, 0.717) is 6.61 Å². The first-order chi connectivity index (χ1) is 15.6. The molecule has 32 heavy (non-hydrogen) atoms. The molecule has 1 amide bonds. The molecule has 0 atom stereocenters. The van der Waals surface area contributed by atoms with Gasteiger partial charge in [-0.05, 0) is 35.6 Å². The number of ether oxygens (including phenoxy) is 1. The minimum absolute atomic E-state index is 0.128. The van der Waals surface area contributed by atoms with Crippen LogP contribution in [0.3, 0.4) is 0 Å². The SMILES string of the molecule is C=CC.CCCCCCCCCCN(C)C(=O)OCC1c2ccccc2-c2ccccc21. The Morgan fingerprint density at radius 2 is 1.38 bits per heavy atom. The van der Waals surface area contributed by atoms with Crippen LogP contribution in [-0.4, -0.2) is 31.2 Å². The predicted molar refractivity (Wildman–Crippen MR) is 136 cm³/mol. The van der Waals surface area contributed by atoms with Gasteiger partial charge in [0.1, 0.15) is 6.61 Å². The summed E-state index contributed by atoms with van der Waals surface area (Å²) >= 11 is 0. The van der Waals surface area contributed by atoms with Gasteiger partial charge < -0.3 is 9.64 Å². The molecule has 0 fully saturated rings. The molecule has 0 N–H and O–H groups in total. The van der Waals surface area contributed by atoms with E-state index in [2.05, 4.69) is 62.0 Å². The van der Waals surface area contributed by atoms with Gasteiger partial charge >= 0.3 is 6.09 Å². The maximum atomic E-state index is 12.5. The van der Waals surface area contributed by atoms with E-state index < -0.39 is 0 Å². The summed E-state index contributed by atoms with van der Waals surface area (Å²) in [5.74, 6) is 0.128. The number of unbranched alkanes of at least 4 members (excludes halogenated alkanes) is 7. The second kappa shape index (κ2) is 14.5. The van der Waals surface area contributed by atoms with Gasteiger partial charge in [0.25, 0.3) is 0 Å². The van der Waals surface area contributed by atoms with Crippen molar-refractivity contribution in [3.05, 3.63) is 72.3 Å². The van der Waals surface area contributed by atoms with E-state index >= 15 is 0 Å². The quantitative estimate of drug-likeness (QED) is 0.263. The van der Waals surface area contributed by atoms with E-state index in [0.717, 1.165) is 13.0 Å². The fraction of sp³-hybridized carbons (Fsp3) is 0.483. The summed E-state index contributed by atoms with van der Waals surface area (Å²) < 4.78 is 5.71. The van der Waals surface area contributed by atoms with Crippen molar-refractivity contribution in [2.24, 2.45) is 0 Å². The second-order valence-corrected chi connectivity index (χ2v) is 8.61. The van der Waals surface area contributed by atoms with Crippen LogP contribution in [-0.2, 0) is 4.74 Å². The largest absolute Gasteiger partial charge is 0.448 e. The van der Waals surface area contributed by atoms with Crippen molar-refractivity contribution < 1.29 is 9.53 Å². The van der Waals surface area contributed by atoms with Crippen molar-refractivity contribution in [3.8, 4) is 11.1 Å². The number of carbonyl (C=O) groups is 1. The molecular formula is C29H41NO2. The van der Waals surface area contributed by atoms with E-state index in [1.807, 2.05) is 14.0 Å². The fourth-order valence-corrected chi connectivity index (χ4v) is 4.28. The van der Waals surface area contributed by atoms with E-state index in [9.17, 15) is 4.79 Å². The lowest BCUT2D eigenvalue weighted by atomic mass is 9.98. The summed E-state index contributed by atoms with van der Waals surface area (Å²) in [6, 6.07) is 16.9. The summed E-state index contributed by atoms with van der Waals surface area (Å²) in [5.41, 5.74) is 5.03. The first-order valence-corrected chi connectivity index (χ1v) is 12.3. The van der Waals surface area contributed by atoms with Crippen molar-refractivity contribution in [3.63, 3.8) is 0 Å². The second-order valence-electron chi connectivity index (χ2n) is 8.61. The number of hydrogen-bond donors (Lipinski definition) is 0. The molecule has 0 aromatic heterocycles. The summed E-state index contributed by atoms with van der Waals surface area (Å²) in [6.07, 6.45) is 11.7. The van der Waals surface area contributed by atoms with E-state index in [1.54, 1.807) is 11.0 Å². The molecule has 174 valence electrons. The zero-order chi connectivity index (χ0) is 23.2. The van der Waals surface area contributed by atoms with Gasteiger partial charge in [0, 0.05) is 19.5 Å². The summed E-state index contributed by atoms with van der Waals surface area (Å²) in [5, 5.41) is 0. The highest BCUT2D eigenvalue weighted by Gasteiger charge is 2.29. The highest BCUT2D eigenvalue weighted by atomic mass is 16.6. The van der Waals surface area contributed by atoms with Gasteiger partial charge in [-0.1, -0.05) is 106 Å². The van der Waals surface area contributed by atoms with Gasteiger partial charge in [-0.15, -0.1) is 6.58 Å². The topological polar surface area (TPSA) is 29.5 Å². The van der Waals surface area contributed by atoms with Crippen LogP contribution in [0, 0.1) is 0 Å². The Hall–Kier alpha value is -2.55. The number of nitrogens with zero attached hydrogens (tertiary/aromatic N) is 1. The number of allylic oxidation sites excluding steroid dienone is 1. The van der Waals surface area contributed by atoms with Gasteiger partial charge in [-0.3, -0.25) is 0 Å². The third-order valence-corrected chi connectivity index (χ3v) is 5.99. The number of hydrogen-bond acceptors (Lipinski definition) is 2. The third kappa shape index (κ3) is 7.55. The summed E-state index contributed by atoms with van der Waals surface area (Å²) in [4.78, 5) is 14.2. The normalized spacial score (nSPS) is 11.7. The third-order valence-electron chi connectivity index (χ3n) is 5.99. The van der Waals surface area contributed by atoms with Crippen LogP contribution in [0.1, 0.15) is 82.3 Å². The Labute approximate surface area is 195 Å². The van der Waals surface area contributed by atoms with Crippen molar-refractivity contribution in [1.82, 2.24) is 4.90 Å². The molecule has 3 rings (SSSR count). The first-order valence-electron chi connectivity index (χ1n) is 12.3. The van der Waals surface area contributed by atoms with Crippen molar-refractivity contribution in [2.45, 2.75) is 71.1 Å². The summed E-state index contributed by atoms with van der Waals surface area (Å²) in [6.45, 7) is 8.67. The molecule has 0 bridgehead atoms. The van der Waals surface area contributed by atoms with E-state index in [4.69, 9.17) is 4.74 Å². The number of amides is 1. The number of rotatable bonds is 11. The average Bonchev–Trinajstić information content (AvgIpc) is 3.13. The lowest BCUT2D eigenvalue weighted by molar-refractivity contribution is 0.108. The van der Waals surface area contributed by atoms with Crippen LogP contribution in [0.5, 0.6) is 0 Å². The van der Waals surface area contributed by atoms with Gasteiger partial charge in [-0.25, -0.2) is 4.79 Å². The number of benzene rings is 2. The maximum absolute atomic E-state index is 12.5. The van der Waals surface area contributed by atoms with Gasteiger partial charge in [0.2, 0.25) is 0 Å². The average molecular weight is 436 g/mol. The zero-order valence-corrected chi connectivity index (χ0v) is 20.3. The molecule has 0 heterocycles. The molecule has 1 aliphatic carbocycles. The molecule has 0 unspecified atom stereocenters. The molecule has 0 saturated heterocycles. The Bertz CT molecular complexity index is 784. The van der Waals surface area contributed by atoms with Crippen LogP contribution in [0.4, 0.5) is 4.79 Å². The number of fused-ring (bicyclic) bond motifs is 3. The van der Waals surface area contributed by atoms with Crippen molar-refractivity contribution >= 4 is 6.09 Å². The Kier molecular flexibility index (Phi) is 11.6. The molecule has 0 saturated carbocycles. The van der Waals surface area contributed by atoms with Gasteiger partial charge in [0.15, 0.2) is 0 Å². The smallest absolute Gasteiger partial charge is 0.409 e. The number of carbonyl (C=O) groups excluding carboxylic acids is 1. The lowest BCUT2D eigenvalue weighted by Crippen LogP contribution is -2.29. The minimum atomic E-state index is -0.213. The lowest BCUT2D eigenvalue weighted by Gasteiger charge is -2.19. The van der Waals surface area contributed by atoms with Gasteiger partial charge in [-0.2, -0.15) is 0 Å². The Morgan fingerprint density at radius 3 is 1.91 bits per heavy atom. The highest BCUT2D eigenvalue weighted by Crippen LogP contribution is 2.44. The zero-order valence-electron chi connectivity index (χ0n) is 20.3. The van der Waals surface area contributed by atoms with Gasteiger partial charge in [0.05, 0.1) is 0 Å². The van der Waals surface area contributed by atoms with E-state index in [-0.39, 0.29) is 12.0 Å². The van der Waals surface area contributed by atoms with Crippen LogP contribution in [0.2, 0.25) is 0 Å². The molecule has 3 heteroatoms. The molecule has 3 nitrogen and oxygen atoms in total. The maximum Gasteiger partial charge on any atom is 0.409 e. The highest BCUT2D eigenvalue weighted by molar-refractivity contribution is 5.79. The monoisotopic (exact) mass is 435 g/mol. The van der Waals surface area contributed by atoms with Crippen LogP contribution in [0.15, 0.2) is 61.2 Å². The standard InChI is InChI=1S/C26H35NO2.C3H6/c1-3-4-5-6-7-8-9-14-19-27(2)26(28)29-20-25-23-17-12-10-15-21(23)22-16-11-13-18-24(22)25;1-3-2/h10-13,15-18,25H,3-9,14,19-20H2,1-2H3;3H,1H2,2H3. The van der Waals surface area contributed by atoms with Crippen molar-refractivity contribution in [2.75, 3.05) is 20.2 Å². The Morgan fingerprint density at radius 1 is 0.906 bits per heavy atom. The molecule has 2 aromatic rings. The minimum Gasteiger partial charge on any atom is -0.448 e. The molecule has 0 aliphatic heterocycles. The summed E-state index contributed by atoms with van der Waals surface area (Å²) in [7, 11) is 1.85. The van der Waals surface area contributed by atoms with Crippen LogP contribution < -0.4 is 0 Å². The van der Waals surface area contributed by atoms with Crippen LogP contribution >= 0.6 is 0 Å². The van der Waals surface area contributed by atoms with E-state index in [1.165, 1.54) is 67.2 Å². The Balaban J connectivity index is 0.00000114. The molecule has 0 radical (unpaired) electrons. The molecule has 1 aliphatic rings. The van der Waals surface area contributed by atoms with Crippen LogP contribution in [0.25, 0.3) is 11.1 Å². The molecule has 2 aromatic carbocycles. The molecular weight excluding hydrogens is 394 g/mol. The first kappa shape index (κ1) is 25.7. The fourth-order valence-electron chi connectivity index (χ4n) is 4.28. The predicted octanol–water partition coefficient (Wildman–Crippen LogP) is 8.20. The van der Waals surface area contributed by atoms with Crippen molar-refractivity contribution in [1.29, 1.82) is 0 Å². The molecule has 0 spiro atoms.